The molecule has 1 unspecified atom stereocenters. The predicted octanol–water partition coefficient (Wildman–Crippen LogP) is 4.40. The van der Waals surface area contributed by atoms with Gasteiger partial charge in [0.25, 0.3) is 5.91 Å². The van der Waals surface area contributed by atoms with Crippen LogP contribution in [0.4, 0.5) is 0 Å². The zero-order chi connectivity index (χ0) is 21.4. The molecule has 5 nitrogen and oxygen atoms in total. The molecule has 0 aliphatic carbocycles. The molecule has 0 saturated heterocycles. The van der Waals surface area contributed by atoms with Crippen LogP contribution in [0.5, 0.6) is 5.75 Å². The Kier molecular flexibility index (Phi) is 8.52. The lowest BCUT2D eigenvalue weighted by Crippen LogP contribution is -2.49. The van der Waals surface area contributed by atoms with E-state index in [1.807, 2.05) is 43.3 Å². The van der Waals surface area contributed by atoms with Gasteiger partial charge in [0.15, 0.2) is 6.61 Å². The second kappa shape index (κ2) is 10.9. The fourth-order valence-corrected chi connectivity index (χ4v) is 2.99. The Morgan fingerprint density at radius 3 is 2.21 bits per heavy atom. The molecule has 2 amide bonds. The third-order valence-electron chi connectivity index (χ3n) is 4.69. The van der Waals surface area contributed by atoms with Crippen LogP contribution in [0.2, 0.25) is 5.02 Å². The van der Waals surface area contributed by atoms with Crippen molar-refractivity contribution in [3.63, 3.8) is 0 Å². The summed E-state index contributed by atoms with van der Waals surface area (Å²) in [5.41, 5.74) is 2.10. The molecular weight excluding hydrogens is 388 g/mol. The van der Waals surface area contributed by atoms with Crippen LogP contribution in [0.25, 0.3) is 0 Å². The second-order valence-corrected chi connectivity index (χ2v) is 7.67. The molecule has 2 aromatic rings. The predicted molar refractivity (Wildman–Crippen MR) is 116 cm³/mol. The first-order valence-electron chi connectivity index (χ1n) is 9.86. The lowest BCUT2D eigenvalue weighted by atomic mass is 10.0. The third-order valence-corrected chi connectivity index (χ3v) is 4.95. The van der Waals surface area contributed by atoms with Crippen molar-refractivity contribution in [1.29, 1.82) is 0 Å². The van der Waals surface area contributed by atoms with Crippen molar-refractivity contribution in [2.45, 2.75) is 46.2 Å². The molecule has 156 valence electrons. The van der Waals surface area contributed by atoms with Gasteiger partial charge in [0.1, 0.15) is 11.8 Å². The number of hydrogen-bond donors (Lipinski definition) is 1. The number of hydrogen-bond acceptors (Lipinski definition) is 3. The van der Waals surface area contributed by atoms with Crippen LogP contribution in [0.3, 0.4) is 0 Å². The Hall–Kier alpha value is -2.53. The van der Waals surface area contributed by atoms with E-state index in [-0.39, 0.29) is 18.4 Å². The van der Waals surface area contributed by atoms with Crippen molar-refractivity contribution in [1.82, 2.24) is 10.2 Å². The average molecular weight is 417 g/mol. The van der Waals surface area contributed by atoms with Gasteiger partial charge in [-0.2, -0.15) is 0 Å². The largest absolute Gasteiger partial charge is 0.484 e. The van der Waals surface area contributed by atoms with E-state index >= 15 is 0 Å². The van der Waals surface area contributed by atoms with E-state index < -0.39 is 6.04 Å². The number of ether oxygens (including phenoxy) is 1. The molecule has 1 N–H and O–H groups in total. The molecule has 0 radical (unpaired) electrons. The smallest absolute Gasteiger partial charge is 0.261 e. The fourth-order valence-electron chi connectivity index (χ4n) is 2.87. The fraction of sp³-hybridized carbons (Fsp3) is 0.391. The van der Waals surface area contributed by atoms with Gasteiger partial charge >= 0.3 is 0 Å². The summed E-state index contributed by atoms with van der Waals surface area (Å²) in [6, 6.07) is 14.3. The van der Waals surface area contributed by atoms with Crippen LogP contribution >= 0.6 is 11.6 Å². The summed E-state index contributed by atoms with van der Waals surface area (Å²) in [4.78, 5) is 26.8. The third kappa shape index (κ3) is 6.79. The molecule has 29 heavy (non-hydrogen) atoms. The Labute approximate surface area is 178 Å². The van der Waals surface area contributed by atoms with E-state index in [9.17, 15) is 9.59 Å². The summed E-state index contributed by atoms with van der Waals surface area (Å²) in [6.45, 7) is 8.47. The SMILES string of the molecule is CCNC(=O)C(C)N(Cc1ccc(Cl)cc1)C(=O)COc1ccc(C(C)C)cc1. The first-order valence-corrected chi connectivity index (χ1v) is 10.2. The highest BCUT2D eigenvalue weighted by atomic mass is 35.5. The topological polar surface area (TPSA) is 58.6 Å². The molecule has 0 fully saturated rings. The number of rotatable bonds is 9. The van der Waals surface area contributed by atoms with Crippen LogP contribution in [0.15, 0.2) is 48.5 Å². The average Bonchev–Trinajstić information content (AvgIpc) is 2.71. The highest BCUT2D eigenvalue weighted by molar-refractivity contribution is 6.30. The van der Waals surface area contributed by atoms with Crippen molar-refractivity contribution in [2.75, 3.05) is 13.2 Å². The van der Waals surface area contributed by atoms with E-state index in [1.54, 1.807) is 19.1 Å². The van der Waals surface area contributed by atoms with Gasteiger partial charge in [-0.3, -0.25) is 9.59 Å². The number of nitrogens with zero attached hydrogens (tertiary/aromatic N) is 1. The van der Waals surface area contributed by atoms with E-state index in [1.165, 1.54) is 10.5 Å². The highest BCUT2D eigenvalue weighted by Crippen LogP contribution is 2.19. The standard InChI is InChI=1S/C23H29ClN2O3/c1-5-25-23(28)17(4)26(14-18-6-10-20(24)11-7-18)22(27)15-29-21-12-8-19(9-13-21)16(2)3/h6-13,16-17H,5,14-15H2,1-4H3,(H,25,28). The summed E-state index contributed by atoms with van der Waals surface area (Å²) in [5, 5.41) is 3.39. The number of halogens is 1. The Balaban J connectivity index is 2.10. The molecule has 2 aromatic carbocycles. The normalized spacial score (nSPS) is 11.8. The highest BCUT2D eigenvalue weighted by Gasteiger charge is 2.26. The molecule has 0 aromatic heterocycles. The van der Waals surface area contributed by atoms with Crippen LogP contribution in [0, 0.1) is 0 Å². The quantitative estimate of drug-likeness (QED) is 0.659. The second-order valence-electron chi connectivity index (χ2n) is 7.23. The molecule has 0 aliphatic heterocycles. The van der Waals surface area contributed by atoms with Gasteiger partial charge < -0.3 is 15.0 Å². The van der Waals surface area contributed by atoms with Gasteiger partial charge in [0, 0.05) is 18.1 Å². The molecule has 6 heteroatoms. The molecule has 0 bridgehead atoms. The van der Waals surface area contributed by atoms with Crippen molar-refractivity contribution >= 4 is 23.4 Å². The molecule has 2 rings (SSSR count). The van der Waals surface area contributed by atoms with Crippen LogP contribution in [0.1, 0.15) is 44.7 Å². The van der Waals surface area contributed by atoms with Crippen molar-refractivity contribution in [2.24, 2.45) is 0 Å². The number of benzene rings is 2. The van der Waals surface area contributed by atoms with Gasteiger partial charge in [0.05, 0.1) is 0 Å². The van der Waals surface area contributed by atoms with E-state index in [0.29, 0.717) is 29.8 Å². The Morgan fingerprint density at radius 2 is 1.66 bits per heavy atom. The van der Waals surface area contributed by atoms with E-state index in [0.717, 1.165) is 5.56 Å². The van der Waals surface area contributed by atoms with Crippen LogP contribution in [-0.2, 0) is 16.1 Å². The monoisotopic (exact) mass is 416 g/mol. The summed E-state index contributed by atoms with van der Waals surface area (Å²) >= 11 is 5.95. The minimum absolute atomic E-state index is 0.141. The number of carbonyl (C=O) groups excluding carboxylic acids is 2. The van der Waals surface area contributed by atoms with Gasteiger partial charge in [-0.25, -0.2) is 0 Å². The molecule has 0 heterocycles. The zero-order valence-electron chi connectivity index (χ0n) is 17.4. The molecule has 0 saturated carbocycles. The molecular formula is C23H29ClN2O3. The lowest BCUT2D eigenvalue weighted by Gasteiger charge is -2.28. The summed E-state index contributed by atoms with van der Waals surface area (Å²) < 4.78 is 5.69. The zero-order valence-corrected chi connectivity index (χ0v) is 18.2. The number of nitrogens with one attached hydrogen (secondary N) is 1. The number of likely N-dealkylation sites (N-methyl/N-ethyl adjacent to an activating group) is 1. The van der Waals surface area contributed by atoms with E-state index in [2.05, 4.69) is 19.2 Å². The maximum atomic E-state index is 12.9. The Morgan fingerprint density at radius 1 is 1.03 bits per heavy atom. The van der Waals surface area contributed by atoms with Gasteiger partial charge in [-0.15, -0.1) is 0 Å². The minimum Gasteiger partial charge on any atom is -0.484 e. The van der Waals surface area contributed by atoms with Crippen LogP contribution in [-0.4, -0.2) is 35.9 Å². The summed E-state index contributed by atoms with van der Waals surface area (Å²) in [7, 11) is 0. The first kappa shape index (κ1) is 22.8. The Bertz CT molecular complexity index is 804. The van der Waals surface area contributed by atoms with Crippen LogP contribution < -0.4 is 10.1 Å². The van der Waals surface area contributed by atoms with E-state index in [4.69, 9.17) is 16.3 Å². The maximum Gasteiger partial charge on any atom is 0.261 e. The molecule has 0 spiro atoms. The van der Waals surface area contributed by atoms with Crippen molar-refractivity contribution in [3.8, 4) is 5.75 Å². The van der Waals surface area contributed by atoms with Gasteiger partial charge in [-0.05, 0) is 55.2 Å². The van der Waals surface area contributed by atoms with Crippen molar-refractivity contribution < 1.29 is 14.3 Å². The number of amides is 2. The molecule has 1 atom stereocenters. The van der Waals surface area contributed by atoms with Gasteiger partial charge in [-0.1, -0.05) is 49.7 Å². The maximum absolute atomic E-state index is 12.9. The van der Waals surface area contributed by atoms with Gasteiger partial charge in [0.2, 0.25) is 5.91 Å². The first-order chi connectivity index (χ1) is 13.8. The summed E-state index contributed by atoms with van der Waals surface area (Å²) in [5.74, 6) is 0.598. The van der Waals surface area contributed by atoms with Crippen molar-refractivity contribution in [3.05, 3.63) is 64.7 Å². The molecule has 0 aliphatic rings. The number of carbonyl (C=O) groups is 2. The lowest BCUT2D eigenvalue weighted by molar-refractivity contribution is -0.142. The minimum atomic E-state index is -0.620. The summed E-state index contributed by atoms with van der Waals surface area (Å²) in [6.07, 6.45) is 0.